The molecule has 0 bridgehead atoms. The van der Waals surface area contributed by atoms with Gasteiger partial charge < -0.3 is 5.32 Å². The molecule has 100 valence electrons. The van der Waals surface area contributed by atoms with Crippen molar-refractivity contribution in [3.8, 4) is 6.07 Å². The van der Waals surface area contributed by atoms with Crippen LogP contribution >= 0.6 is 11.6 Å². The van der Waals surface area contributed by atoms with Gasteiger partial charge in [-0.25, -0.2) is 8.78 Å². The van der Waals surface area contributed by atoms with Gasteiger partial charge in [-0.1, -0.05) is 17.7 Å². The van der Waals surface area contributed by atoms with Crippen molar-refractivity contribution in [1.29, 1.82) is 5.26 Å². The normalized spacial score (nSPS) is 9.90. The third-order valence-corrected chi connectivity index (χ3v) is 2.85. The van der Waals surface area contributed by atoms with Crippen molar-refractivity contribution < 1.29 is 13.6 Å². The zero-order chi connectivity index (χ0) is 14.7. The molecule has 0 unspecified atom stereocenters. The fourth-order valence-corrected chi connectivity index (χ4v) is 1.83. The van der Waals surface area contributed by atoms with Crippen molar-refractivity contribution in [3.63, 3.8) is 0 Å². The van der Waals surface area contributed by atoms with Crippen LogP contribution in [0.3, 0.4) is 0 Å². The van der Waals surface area contributed by atoms with Crippen molar-refractivity contribution in [1.82, 2.24) is 0 Å². The first-order valence-electron chi connectivity index (χ1n) is 5.48. The number of benzene rings is 2. The number of rotatable bonds is 2. The number of amides is 1. The summed E-state index contributed by atoms with van der Waals surface area (Å²) in [7, 11) is 0. The second-order valence-electron chi connectivity index (χ2n) is 3.86. The third kappa shape index (κ3) is 2.76. The van der Waals surface area contributed by atoms with E-state index in [-0.39, 0.29) is 21.8 Å². The molecule has 1 amide bonds. The predicted molar refractivity (Wildman–Crippen MR) is 70.5 cm³/mol. The first-order chi connectivity index (χ1) is 9.52. The number of halogens is 3. The molecule has 20 heavy (non-hydrogen) atoms. The highest BCUT2D eigenvalue weighted by Gasteiger charge is 2.17. The lowest BCUT2D eigenvalue weighted by atomic mass is 10.1. The molecule has 1 N–H and O–H groups in total. The predicted octanol–water partition coefficient (Wildman–Crippen LogP) is 3.74. The SMILES string of the molecule is N#Cc1ccc(NC(=O)c2c(F)cccc2Cl)c(F)c1. The average Bonchev–Trinajstić information content (AvgIpc) is 2.41. The average molecular weight is 293 g/mol. The summed E-state index contributed by atoms with van der Waals surface area (Å²) in [6.07, 6.45) is 0. The minimum Gasteiger partial charge on any atom is -0.319 e. The van der Waals surface area contributed by atoms with Crippen LogP contribution in [-0.4, -0.2) is 5.91 Å². The highest BCUT2D eigenvalue weighted by atomic mass is 35.5. The molecule has 0 aliphatic carbocycles. The minimum absolute atomic E-state index is 0.0726. The zero-order valence-corrected chi connectivity index (χ0v) is 10.7. The monoisotopic (exact) mass is 292 g/mol. The number of carbonyl (C=O) groups excluding carboxylic acids is 1. The van der Waals surface area contributed by atoms with Crippen LogP contribution in [-0.2, 0) is 0 Å². The summed E-state index contributed by atoms with van der Waals surface area (Å²) < 4.78 is 27.2. The maximum atomic E-state index is 13.6. The molecule has 0 aliphatic rings. The maximum Gasteiger partial charge on any atom is 0.260 e. The van der Waals surface area contributed by atoms with Crippen LogP contribution in [0.1, 0.15) is 15.9 Å². The van der Waals surface area contributed by atoms with Gasteiger partial charge in [-0.15, -0.1) is 0 Å². The van der Waals surface area contributed by atoms with E-state index in [0.717, 1.165) is 12.1 Å². The highest BCUT2D eigenvalue weighted by molar-refractivity contribution is 6.34. The summed E-state index contributed by atoms with van der Waals surface area (Å²) in [6, 6.07) is 9.09. The summed E-state index contributed by atoms with van der Waals surface area (Å²) in [5, 5.41) is 10.8. The Bertz CT molecular complexity index is 705. The van der Waals surface area contributed by atoms with E-state index in [9.17, 15) is 13.6 Å². The van der Waals surface area contributed by atoms with Gasteiger partial charge in [0, 0.05) is 0 Å². The number of nitrogens with zero attached hydrogens (tertiary/aromatic N) is 1. The van der Waals surface area contributed by atoms with E-state index < -0.39 is 17.5 Å². The molecule has 2 aromatic rings. The lowest BCUT2D eigenvalue weighted by Gasteiger charge is -2.08. The van der Waals surface area contributed by atoms with Crippen molar-refractivity contribution in [2.45, 2.75) is 0 Å². The Labute approximate surface area is 118 Å². The number of nitrogens with one attached hydrogen (secondary N) is 1. The quantitative estimate of drug-likeness (QED) is 0.916. The zero-order valence-electron chi connectivity index (χ0n) is 9.95. The molecule has 2 aromatic carbocycles. The summed E-state index contributed by atoms with van der Waals surface area (Å²) in [5.74, 6) is -2.45. The second kappa shape index (κ2) is 5.68. The van der Waals surface area contributed by atoms with Gasteiger partial charge in [0.1, 0.15) is 11.6 Å². The molecule has 3 nitrogen and oxygen atoms in total. The van der Waals surface area contributed by atoms with E-state index >= 15 is 0 Å². The Morgan fingerprint density at radius 3 is 2.55 bits per heavy atom. The Kier molecular flexibility index (Phi) is 3.97. The van der Waals surface area contributed by atoms with Crippen molar-refractivity contribution >= 4 is 23.2 Å². The molecule has 0 saturated carbocycles. The van der Waals surface area contributed by atoms with Gasteiger partial charge >= 0.3 is 0 Å². The molecule has 0 atom stereocenters. The molecule has 0 aromatic heterocycles. The first-order valence-corrected chi connectivity index (χ1v) is 5.85. The van der Waals surface area contributed by atoms with Crippen LogP contribution in [0.2, 0.25) is 5.02 Å². The highest BCUT2D eigenvalue weighted by Crippen LogP contribution is 2.22. The van der Waals surface area contributed by atoms with E-state index in [1.807, 2.05) is 0 Å². The molecule has 0 radical (unpaired) electrons. The molecule has 0 aliphatic heterocycles. The van der Waals surface area contributed by atoms with Gasteiger partial charge in [-0.3, -0.25) is 4.79 Å². The van der Waals surface area contributed by atoms with E-state index in [0.29, 0.717) is 0 Å². The Hall–Kier alpha value is -2.45. The van der Waals surface area contributed by atoms with E-state index in [4.69, 9.17) is 16.9 Å². The molecule has 0 saturated heterocycles. The summed E-state index contributed by atoms with van der Waals surface area (Å²) in [5.41, 5.74) is -0.407. The number of hydrogen-bond donors (Lipinski definition) is 1. The van der Waals surface area contributed by atoms with Gasteiger partial charge in [-0.05, 0) is 30.3 Å². The smallest absolute Gasteiger partial charge is 0.260 e. The molecular formula is C14H7ClF2N2O. The molecule has 0 spiro atoms. The van der Waals surface area contributed by atoms with Crippen LogP contribution in [0.15, 0.2) is 36.4 Å². The molecule has 2 rings (SSSR count). The summed E-state index contributed by atoms with van der Waals surface area (Å²) in [6.45, 7) is 0. The largest absolute Gasteiger partial charge is 0.319 e. The van der Waals surface area contributed by atoms with Crippen LogP contribution in [0, 0.1) is 23.0 Å². The molecule has 0 heterocycles. The van der Waals surface area contributed by atoms with Crippen molar-refractivity contribution in [2.75, 3.05) is 5.32 Å². The minimum atomic E-state index is -0.864. The standard InChI is InChI=1S/C14H7ClF2N2O/c15-9-2-1-3-10(16)13(9)14(20)19-12-5-4-8(7-18)6-11(12)17/h1-6H,(H,19,20). The van der Waals surface area contributed by atoms with Gasteiger partial charge in [0.25, 0.3) is 5.91 Å². The Morgan fingerprint density at radius 1 is 1.20 bits per heavy atom. The molecular weight excluding hydrogens is 286 g/mol. The summed E-state index contributed by atoms with van der Waals surface area (Å²) >= 11 is 5.74. The number of carbonyl (C=O) groups is 1. The van der Waals surface area contributed by atoms with Gasteiger partial charge in [-0.2, -0.15) is 5.26 Å². The lowest BCUT2D eigenvalue weighted by molar-refractivity contribution is 0.102. The van der Waals surface area contributed by atoms with Crippen molar-refractivity contribution in [3.05, 3.63) is 64.2 Å². The maximum absolute atomic E-state index is 13.6. The molecule has 0 fully saturated rings. The molecule has 6 heteroatoms. The van der Waals surface area contributed by atoms with Gasteiger partial charge in [0.2, 0.25) is 0 Å². The topological polar surface area (TPSA) is 52.9 Å². The third-order valence-electron chi connectivity index (χ3n) is 2.54. The second-order valence-corrected chi connectivity index (χ2v) is 4.26. The lowest BCUT2D eigenvalue weighted by Crippen LogP contribution is -2.15. The van der Waals surface area contributed by atoms with Crippen LogP contribution in [0.25, 0.3) is 0 Å². The fraction of sp³-hybridized carbons (Fsp3) is 0. The van der Waals surface area contributed by atoms with Crippen LogP contribution < -0.4 is 5.32 Å². The van der Waals surface area contributed by atoms with Crippen LogP contribution in [0.4, 0.5) is 14.5 Å². The number of anilines is 1. The van der Waals surface area contributed by atoms with E-state index in [1.54, 1.807) is 6.07 Å². The Balaban J connectivity index is 2.31. The van der Waals surface area contributed by atoms with Crippen molar-refractivity contribution in [2.24, 2.45) is 0 Å². The van der Waals surface area contributed by atoms with E-state index in [2.05, 4.69) is 5.32 Å². The van der Waals surface area contributed by atoms with Gasteiger partial charge in [0.05, 0.1) is 27.9 Å². The fourth-order valence-electron chi connectivity index (χ4n) is 1.59. The first kappa shape index (κ1) is 14.0. The summed E-state index contributed by atoms with van der Waals surface area (Å²) in [4.78, 5) is 11.9. The number of hydrogen-bond acceptors (Lipinski definition) is 2. The Morgan fingerprint density at radius 2 is 1.95 bits per heavy atom. The van der Waals surface area contributed by atoms with Gasteiger partial charge in [0.15, 0.2) is 0 Å². The van der Waals surface area contributed by atoms with Crippen LogP contribution in [0.5, 0.6) is 0 Å². The number of nitriles is 1. The van der Waals surface area contributed by atoms with E-state index in [1.165, 1.54) is 24.3 Å².